The molecule has 1 rings (SSSR count). The summed E-state index contributed by atoms with van der Waals surface area (Å²) in [4.78, 5) is 12.4. The first-order chi connectivity index (χ1) is 8.48. The second-order valence-electron chi connectivity index (χ2n) is 5.98. The molecule has 0 bridgehead atoms. The SMILES string of the molecule is CCC(CC)(CC)NC(=O)C1CCC(C)C(N)C1. The van der Waals surface area contributed by atoms with E-state index >= 15 is 0 Å². The second-order valence-corrected chi connectivity index (χ2v) is 5.98. The van der Waals surface area contributed by atoms with Crippen molar-refractivity contribution in [2.75, 3.05) is 0 Å². The first kappa shape index (κ1) is 15.5. The van der Waals surface area contributed by atoms with Crippen LogP contribution in [0.2, 0.25) is 0 Å². The van der Waals surface area contributed by atoms with Gasteiger partial charge in [-0.1, -0.05) is 27.7 Å². The highest BCUT2D eigenvalue weighted by atomic mass is 16.2. The van der Waals surface area contributed by atoms with Gasteiger partial charge in [-0.3, -0.25) is 4.79 Å². The quantitative estimate of drug-likeness (QED) is 0.792. The van der Waals surface area contributed by atoms with Crippen LogP contribution in [0.4, 0.5) is 0 Å². The van der Waals surface area contributed by atoms with Gasteiger partial charge in [0.05, 0.1) is 0 Å². The lowest BCUT2D eigenvalue weighted by Gasteiger charge is -2.36. The molecule has 1 amide bonds. The summed E-state index contributed by atoms with van der Waals surface area (Å²) in [5.41, 5.74) is 6.08. The Labute approximate surface area is 112 Å². The van der Waals surface area contributed by atoms with E-state index in [1.54, 1.807) is 0 Å². The summed E-state index contributed by atoms with van der Waals surface area (Å²) in [6.45, 7) is 8.65. The van der Waals surface area contributed by atoms with E-state index in [4.69, 9.17) is 5.73 Å². The van der Waals surface area contributed by atoms with E-state index in [9.17, 15) is 4.79 Å². The monoisotopic (exact) mass is 254 g/mol. The van der Waals surface area contributed by atoms with Crippen LogP contribution >= 0.6 is 0 Å². The molecule has 0 heterocycles. The highest BCUT2D eigenvalue weighted by molar-refractivity contribution is 5.79. The maximum atomic E-state index is 12.4. The van der Waals surface area contributed by atoms with E-state index < -0.39 is 0 Å². The molecule has 0 radical (unpaired) electrons. The molecule has 1 aliphatic rings. The van der Waals surface area contributed by atoms with Gasteiger partial charge in [0.15, 0.2) is 0 Å². The van der Waals surface area contributed by atoms with Crippen molar-refractivity contribution in [2.24, 2.45) is 17.6 Å². The lowest BCUT2D eigenvalue weighted by Crippen LogP contribution is -2.51. The molecule has 1 fully saturated rings. The Morgan fingerprint density at radius 3 is 2.22 bits per heavy atom. The molecule has 3 nitrogen and oxygen atoms in total. The summed E-state index contributed by atoms with van der Waals surface area (Å²) >= 11 is 0. The Balaban J connectivity index is 2.60. The van der Waals surface area contributed by atoms with Crippen LogP contribution < -0.4 is 11.1 Å². The van der Waals surface area contributed by atoms with Crippen molar-refractivity contribution in [1.82, 2.24) is 5.32 Å². The first-order valence-corrected chi connectivity index (χ1v) is 7.55. The van der Waals surface area contributed by atoms with Gasteiger partial charge in [0.1, 0.15) is 0 Å². The molecule has 3 atom stereocenters. The van der Waals surface area contributed by atoms with Crippen LogP contribution in [0.1, 0.15) is 66.2 Å². The largest absolute Gasteiger partial charge is 0.350 e. The van der Waals surface area contributed by atoms with Gasteiger partial charge >= 0.3 is 0 Å². The van der Waals surface area contributed by atoms with Crippen molar-refractivity contribution in [3.63, 3.8) is 0 Å². The topological polar surface area (TPSA) is 55.1 Å². The second kappa shape index (κ2) is 6.55. The summed E-state index contributed by atoms with van der Waals surface area (Å²) in [6, 6.07) is 0.189. The minimum Gasteiger partial charge on any atom is -0.350 e. The standard InChI is InChI=1S/C15H30N2O/c1-5-15(6-2,7-3)17-14(18)12-9-8-11(4)13(16)10-12/h11-13H,5-10,16H2,1-4H3,(H,17,18). The average Bonchev–Trinajstić information content (AvgIpc) is 2.39. The zero-order valence-corrected chi connectivity index (χ0v) is 12.5. The fourth-order valence-electron chi connectivity index (χ4n) is 2.97. The van der Waals surface area contributed by atoms with Gasteiger partial charge < -0.3 is 11.1 Å². The number of nitrogens with two attached hydrogens (primary N) is 1. The van der Waals surface area contributed by atoms with Crippen molar-refractivity contribution in [2.45, 2.75) is 77.8 Å². The highest BCUT2D eigenvalue weighted by Gasteiger charge is 2.33. The van der Waals surface area contributed by atoms with Crippen LogP contribution in [0.15, 0.2) is 0 Å². The van der Waals surface area contributed by atoms with Crippen LogP contribution in [0.5, 0.6) is 0 Å². The average molecular weight is 254 g/mol. The maximum absolute atomic E-state index is 12.4. The highest BCUT2D eigenvalue weighted by Crippen LogP contribution is 2.29. The fourth-order valence-corrected chi connectivity index (χ4v) is 2.97. The molecule has 3 N–H and O–H groups in total. The predicted molar refractivity (Wildman–Crippen MR) is 76.2 cm³/mol. The summed E-state index contributed by atoms with van der Waals surface area (Å²) in [7, 11) is 0. The lowest BCUT2D eigenvalue weighted by molar-refractivity contribution is -0.128. The third-order valence-corrected chi connectivity index (χ3v) is 5.05. The zero-order chi connectivity index (χ0) is 13.8. The van der Waals surface area contributed by atoms with Gasteiger partial charge in [-0.2, -0.15) is 0 Å². The number of carbonyl (C=O) groups is 1. The molecule has 0 aliphatic heterocycles. The molecule has 1 aliphatic carbocycles. The van der Waals surface area contributed by atoms with Crippen LogP contribution in [-0.4, -0.2) is 17.5 Å². The summed E-state index contributed by atoms with van der Waals surface area (Å²) < 4.78 is 0. The molecule has 0 aromatic carbocycles. The molecule has 0 spiro atoms. The number of carbonyl (C=O) groups excluding carboxylic acids is 1. The number of rotatable bonds is 5. The fraction of sp³-hybridized carbons (Fsp3) is 0.933. The smallest absolute Gasteiger partial charge is 0.223 e. The molecule has 3 unspecified atom stereocenters. The molecule has 0 saturated heterocycles. The minimum absolute atomic E-state index is 0.00968. The zero-order valence-electron chi connectivity index (χ0n) is 12.5. The van der Waals surface area contributed by atoms with E-state index in [1.165, 1.54) is 0 Å². The van der Waals surface area contributed by atoms with E-state index in [0.717, 1.165) is 38.5 Å². The number of nitrogens with one attached hydrogen (secondary N) is 1. The van der Waals surface area contributed by atoms with Gasteiger partial charge in [0.2, 0.25) is 5.91 Å². The lowest BCUT2D eigenvalue weighted by atomic mass is 9.78. The van der Waals surface area contributed by atoms with Gasteiger partial charge in [-0.05, 0) is 44.4 Å². The Kier molecular flexibility index (Phi) is 5.64. The van der Waals surface area contributed by atoms with Gasteiger partial charge in [0, 0.05) is 17.5 Å². The van der Waals surface area contributed by atoms with Crippen molar-refractivity contribution >= 4 is 5.91 Å². The normalized spacial score (nSPS) is 29.1. The van der Waals surface area contributed by atoms with Crippen LogP contribution in [-0.2, 0) is 4.79 Å². The van der Waals surface area contributed by atoms with Crippen molar-refractivity contribution < 1.29 is 4.79 Å². The Bertz CT molecular complexity index is 265. The molecule has 0 aromatic rings. The van der Waals surface area contributed by atoms with E-state index in [0.29, 0.717) is 5.92 Å². The Morgan fingerprint density at radius 2 is 1.78 bits per heavy atom. The van der Waals surface area contributed by atoms with Crippen molar-refractivity contribution in [3.8, 4) is 0 Å². The Morgan fingerprint density at radius 1 is 1.22 bits per heavy atom. The Hall–Kier alpha value is -0.570. The molecule has 3 heteroatoms. The van der Waals surface area contributed by atoms with Crippen molar-refractivity contribution in [3.05, 3.63) is 0 Å². The van der Waals surface area contributed by atoms with E-state index in [2.05, 4.69) is 33.0 Å². The van der Waals surface area contributed by atoms with Gasteiger partial charge in [0.25, 0.3) is 0 Å². The summed E-state index contributed by atoms with van der Waals surface area (Å²) in [6.07, 6.45) is 5.92. The molecular formula is C15H30N2O. The van der Waals surface area contributed by atoms with E-state index in [-0.39, 0.29) is 23.4 Å². The maximum Gasteiger partial charge on any atom is 0.223 e. The third-order valence-electron chi connectivity index (χ3n) is 5.05. The van der Waals surface area contributed by atoms with Crippen LogP contribution in [0.3, 0.4) is 0 Å². The minimum atomic E-state index is -0.00968. The third kappa shape index (κ3) is 3.47. The summed E-state index contributed by atoms with van der Waals surface area (Å²) in [5.74, 6) is 0.908. The number of amides is 1. The van der Waals surface area contributed by atoms with Crippen LogP contribution in [0.25, 0.3) is 0 Å². The van der Waals surface area contributed by atoms with Gasteiger partial charge in [-0.15, -0.1) is 0 Å². The molecule has 0 aromatic heterocycles. The molecule has 106 valence electrons. The van der Waals surface area contributed by atoms with E-state index in [1.807, 2.05) is 0 Å². The number of hydrogen-bond donors (Lipinski definition) is 2. The molecule has 18 heavy (non-hydrogen) atoms. The number of hydrogen-bond acceptors (Lipinski definition) is 2. The van der Waals surface area contributed by atoms with Crippen LogP contribution in [0, 0.1) is 11.8 Å². The molecular weight excluding hydrogens is 224 g/mol. The van der Waals surface area contributed by atoms with Gasteiger partial charge in [-0.25, -0.2) is 0 Å². The summed E-state index contributed by atoms with van der Waals surface area (Å²) in [5, 5.41) is 3.29. The predicted octanol–water partition coefficient (Wildman–Crippen LogP) is 2.83. The first-order valence-electron chi connectivity index (χ1n) is 7.55. The van der Waals surface area contributed by atoms with Crippen molar-refractivity contribution in [1.29, 1.82) is 0 Å². The molecule has 1 saturated carbocycles.